The Kier molecular flexibility index (Phi) is 3.32. The number of hydrogen-bond acceptors (Lipinski definition) is 2. The SMILES string of the molecule is CCOC(=O)C(C)C1=CCCC1. The zero-order valence-electron chi connectivity index (χ0n) is 7.80. The normalized spacial score (nSPS) is 18.7. The molecule has 12 heavy (non-hydrogen) atoms. The maximum Gasteiger partial charge on any atom is 0.312 e. The van der Waals surface area contributed by atoms with Crippen molar-refractivity contribution in [3.05, 3.63) is 11.6 Å². The molecule has 0 aromatic heterocycles. The third-order valence-corrected chi connectivity index (χ3v) is 2.27. The number of esters is 1. The van der Waals surface area contributed by atoms with Crippen molar-refractivity contribution in [3.63, 3.8) is 0 Å². The summed E-state index contributed by atoms with van der Waals surface area (Å²) in [7, 11) is 0. The summed E-state index contributed by atoms with van der Waals surface area (Å²) in [6, 6.07) is 0. The highest BCUT2D eigenvalue weighted by Gasteiger charge is 2.20. The van der Waals surface area contributed by atoms with Crippen LogP contribution < -0.4 is 0 Å². The molecule has 1 atom stereocenters. The molecule has 0 amide bonds. The zero-order valence-corrected chi connectivity index (χ0v) is 7.80. The van der Waals surface area contributed by atoms with Crippen molar-refractivity contribution in [2.24, 2.45) is 5.92 Å². The fourth-order valence-electron chi connectivity index (χ4n) is 1.51. The van der Waals surface area contributed by atoms with Gasteiger partial charge >= 0.3 is 5.97 Å². The van der Waals surface area contributed by atoms with Gasteiger partial charge in [0.15, 0.2) is 0 Å². The molecule has 0 radical (unpaired) electrons. The molecular weight excluding hydrogens is 152 g/mol. The minimum absolute atomic E-state index is 0.0209. The van der Waals surface area contributed by atoms with E-state index in [9.17, 15) is 4.79 Å². The van der Waals surface area contributed by atoms with Gasteiger partial charge in [-0.05, 0) is 33.1 Å². The first-order valence-electron chi connectivity index (χ1n) is 4.61. The van der Waals surface area contributed by atoms with Crippen LogP contribution in [-0.2, 0) is 9.53 Å². The van der Waals surface area contributed by atoms with Crippen LogP contribution in [0.2, 0.25) is 0 Å². The summed E-state index contributed by atoms with van der Waals surface area (Å²) in [5.41, 5.74) is 1.26. The van der Waals surface area contributed by atoms with E-state index in [4.69, 9.17) is 4.74 Å². The van der Waals surface area contributed by atoms with Crippen LogP contribution in [0.3, 0.4) is 0 Å². The van der Waals surface area contributed by atoms with Crippen molar-refractivity contribution in [1.29, 1.82) is 0 Å². The number of allylic oxidation sites excluding steroid dienone is 1. The van der Waals surface area contributed by atoms with Gasteiger partial charge in [0, 0.05) is 0 Å². The third kappa shape index (κ3) is 2.10. The van der Waals surface area contributed by atoms with Gasteiger partial charge in [0.25, 0.3) is 0 Å². The molecule has 0 saturated heterocycles. The van der Waals surface area contributed by atoms with Crippen molar-refractivity contribution in [1.82, 2.24) is 0 Å². The van der Waals surface area contributed by atoms with E-state index in [1.807, 2.05) is 13.8 Å². The molecule has 0 aliphatic heterocycles. The van der Waals surface area contributed by atoms with E-state index in [-0.39, 0.29) is 11.9 Å². The fourth-order valence-corrected chi connectivity index (χ4v) is 1.51. The van der Waals surface area contributed by atoms with Crippen LogP contribution >= 0.6 is 0 Å². The van der Waals surface area contributed by atoms with Crippen LogP contribution in [0, 0.1) is 5.92 Å². The molecular formula is C10H16O2. The lowest BCUT2D eigenvalue weighted by atomic mass is 10.0. The Morgan fingerprint density at radius 1 is 1.75 bits per heavy atom. The molecule has 1 rings (SSSR count). The molecule has 0 aromatic rings. The Morgan fingerprint density at radius 2 is 2.50 bits per heavy atom. The van der Waals surface area contributed by atoms with E-state index < -0.39 is 0 Å². The van der Waals surface area contributed by atoms with Crippen molar-refractivity contribution in [2.45, 2.75) is 33.1 Å². The van der Waals surface area contributed by atoms with E-state index in [0.717, 1.165) is 12.8 Å². The maximum atomic E-state index is 11.3. The molecule has 0 bridgehead atoms. The molecule has 2 nitrogen and oxygen atoms in total. The van der Waals surface area contributed by atoms with E-state index >= 15 is 0 Å². The molecule has 0 spiro atoms. The number of carbonyl (C=O) groups excluding carboxylic acids is 1. The quantitative estimate of drug-likeness (QED) is 0.477. The Labute approximate surface area is 73.6 Å². The van der Waals surface area contributed by atoms with Gasteiger partial charge in [-0.3, -0.25) is 4.79 Å². The third-order valence-electron chi connectivity index (χ3n) is 2.27. The summed E-state index contributed by atoms with van der Waals surface area (Å²) in [5, 5.41) is 0. The number of hydrogen-bond donors (Lipinski definition) is 0. The molecule has 0 aromatic carbocycles. The topological polar surface area (TPSA) is 26.3 Å². The van der Waals surface area contributed by atoms with E-state index in [2.05, 4.69) is 6.08 Å². The van der Waals surface area contributed by atoms with Crippen molar-refractivity contribution >= 4 is 5.97 Å². The summed E-state index contributed by atoms with van der Waals surface area (Å²) in [5.74, 6) is -0.0990. The average molecular weight is 168 g/mol. The number of carbonyl (C=O) groups is 1. The largest absolute Gasteiger partial charge is 0.466 e. The Balaban J connectivity index is 2.45. The molecule has 1 unspecified atom stereocenters. The number of ether oxygens (including phenoxy) is 1. The molecule has 0 N–H and O–H groups in total. The lowest BCUT2D eigenvalue weighted by molar-refractivity contribution is -0.146. The molecule has 2 heteroatoms. The number of rotatable bonds is 3. The molecule has 0 saturated carbocycles. The smallest absolute Gasteiger partial charge is 0.312 e. The Morgan fingerprint density at radius 3 is 3.00 bits per heavy atom. The van der Waals surface area contributed by atoms with E-state index in [1.165, 1.54) is 12.0 Å². The monoisotopic (exact) mass is 168 g/mol. The Hall–Kier alpha value is -0.790. The van der Waals surface area contributed by atoms with Gasteiger partial charge < -0.3 is 4.74 Å². The van der Waals surface area contributed by atoms with Gasteiger partial charge in [-0.1, -0.05) is 11.6 Å². The highest BCUT2D eigenvalue weighted by molar-refractivity contribution is 5.75. The highest BCUT2D eigenvalue weighted by atomic mass is 16.5. The van der Waals surface area contributed by atoms with Gasteiger partial charge in [0.1, 0.15) is 0 Å². The average Bonchev–Trinajstić information content (AvgIpc) is 2.55. The van der Waals surface area contributed by atoms with E-state index in [0.29, 0.717) is 6.61 Å². The summed E-state index contributed by atoms with van der Waals surface area (Å²) in [6.45, 7) is 4.25. The minimum atomic E-state index is -0.0781. The van der Waals surface area contributed by atoms with Crippen LogP contribution in [0.4, 0.5) is 0 Å². The minimum Gasteiger partial charge on any atom is -0.466 e. The van der Waals surface area contributed by atoms with Crippen molar-refractivity contribution in [2.75, 3.05) is 6.61 Å². The van der Waals surface area contributed by atoms with Gasteiger partial charge in [-0.15, -0.1) is 0 Å². The summed E-state index contributed by atoms with van der Waals surface area (Å²) >= 11 is 0. The van der Waals surface area contributed by atoms with Crippen molar-refractivity contribution in [3.8, 4) is 0 Å². The molecule has 1 aliphatic carbocycles. The van der Waals surface area contributed by atoms with Crippen molar-refractivity contribution < 1.29 is 9.53 Å². The van der Waals surface area contributed by atoms with Gasteiger partial charge in [-0.2, -0.15) is 0 Å². The van der Waals surface area contributed by atoms with E-state index in [1.54, 1.807) is 0 Å². The van der Waals surface area contributed by atoms with Gasteiger partial charge in [0.05, 0.1) is 12.5 Å². The standard InChI is InChI=1S/C10H16O2/c1-3-12-10(11)8(2)9-6-4-5-7-9/h6,8H,3-5,7H2,1-2H3. The molecule has 1 aliphatic rings. The first kappa shape index (κ1) is 9.30. The Bertz CT molecular complexity index is 194. The first-order chi connectivity index (χ1) is 5.75. The summed E-state index contributed by atoms with van der Waals surface area (Å²) in [4.78, 5) is 11.3. The lowest BCUT2D eigenvalue weighted by Crippen LogP contribution is -2.15. The van der Waals surface area contributed by atoms with Gasteiger partial charge in [0.2, 0.25) is 0 Å². The summed E-state index contributed by atoms with van der Waals surface area (Å²) < 4.78 is 4.94. The zero-order chi connectivity index (χ0) is 8.97. The second kappa shape index (κ2) is 4.29. The van der Waals surface area contributed by atoms with Crippen LogP contribution in [0.1, 0.15) is 33.1 Å². The molecule has 0 heterocycles. The maximum absolute atomic E-state index is 11.3. The second-order valence-corrected chi connectivity index (χ2v) is 3.15. The second-order valence-electron chi connectivity index (χ2n) is 3.15. The van der Waals surface area contributed by atoms with Crippen LogP contribution in [0.5, 0.6) is 0 Å². The first-order valence-corrected chi connectivity index (χ1v) is 4.61. The summed E-state index contributed by atoms with van der Waals surface area (Å²) in [6.07, 6.45) is 5.56. The van der Waals surface area contributed by atoms with Crippen LogP contribution in [-0.4, -0.2) is 12.6 Å². The van der Waals surface area contributed by atoms with Crippen LogP contribution in [0.25, 0.3) is 0 Å². The predicted octanol–water partition coefficient (Wildman–Crippen LogP) is 2.30. The highest BCUT2D eigenvalue weighted by Crippen LogP contribution is 2.25. The lowest BCUT2D eigenvalue weighted by Gasteiger charge is -2.10. The predicted molar refractivity (Wildman–Crippen MR) is 47.7 cm³/mol. The molecule has 68 valence electrons. The van der Waals surface area contributed by atoms with Gasteiger partial charge in [-0.25, -0.2) is 0 Å². The van der Waals surface area contributed by atoms with Crippen LogP contribution in [0.15, 0.2) is 11.6 Å². The fraction of sp³-hybridized carbons (Fsp3) is 0.700. The molecule has 0 fully saturated rings.